The van der Waals surface area contributed by atoms with Crippen LogP contribution >= 0.6 is 11.8 Å². The molecule has 0 aliphatic rings. The van der Waals surface area contributed by atoms with Gasteiger partial charge in [-0.15, -0.1) is 0 Å². The highest BCUT2D eigenvalue weighted by molar-refractivity contribution is 7.99. The van der Waals surface area contributed by atoms with E-state index in [1.54, 1.807) is 12.5 Å². The smallest absolute Gasteiger partial charge is 0.117 e. The predicted octanol–water partition coefficient (Wildman–Crippen LogP) is 2.15. The zero-order chi connectivity index (χ0) is 12.4. The van der Waals surface area contributed by atoms with Gasteiger partial charge in [0, 0.05) is 17.3 Å². The summed E-state index contributed by atoms with van der Waals surface area (Å²) in [6.45, 7) is 0. The number of nitrogens with zero attached hydrogens (tertiary/aromatic N) is 4. The zero-order valence-corrected chi connectivity index (χ0v) is 10.1. The van der Waals surface area contributed by atoms with Crippen LogP contribution in [0.3, 0.4) is 0 Å². The van der Waals surface area contributed by atoms with Gasteiger partial charge < -0.3 is 5.73 Å². The molecule has 0 saturated heterocycles. The Balaban J connectivity index is 2.09. The zero-order valence-electron chi connectivity index (χ0n) is 9.32. The molecule has 2 aromatic heterocycles. The summed E-state index contributed by atoms with van der Waals surface area (Å²) >= 11 is 1.47. The molecule has 1 aromatic carbocycles. The van der Waals surface area contributed by atoms with Crippen LogP contribution in [0.25, 0.3) is 10.9 Å². The molecule has 2 N–H and O–H groups in total. The maximum atomic E-state index is 5.80. The fourth-order valence-corrected chi connectivity index (χ4v) is 2.37. The van der Waals surface area contributed by atoms with Crippen LogP contribution in [0.1, 0.15) is 0 Å². The number of hydrogen-bond acceptors (Lipinski definition) is 6. The maximum Gasteiger partial charge on any atom is 0.117 e. The second-order valence-corrected chi connectivity index (χ2v) is 4.61. The van der Waals surface area contributed by atoms with E-state index >= 15 is 0 Å². The molecule has 88 valence electrons. The Kier molecular flexibility index (Phi) is 2.77. The van der Waals surface area contributed by atoms with Crippen LogP contribution in [0, 0.1) is 0 Å². The lowest BCUT2D eigenvalue weighted by Gasteiger charge is -2.04. The molecular formula is C12H9N5S. The first kappa shape index (κ1) is 10.9. The molecule has 3 rings (SSSR count). The van der Waals surface area contributed by atoms with E-state index in [2.05, 4.69) is 19.9 Å². The summed E-state index contributed by atoms with van der Waals surface area (Å²) in [5.41, 5.74) is 7.36. The van der Waals surface area contributed by atoms with Crippen LogP contribution < -0.4 is 5.73 Å². The van der Waals surface area contributed by atoms with Crippen molar-refractivity contribution in [3.05, 3.63) is 43.1 Å². The Morgan fingerprint density at radius 2 is 1.94 bits per heavy atom. The van der Waals surface area contributed by atoms with Gasteiger partial charge in [-0.3, -0.25) is 0 Å². The molecular weight excluding hydrogens is 246 g/mol. The molecule has 0 saturated carbocycles. The van der Waals surface area contributed by atoms with Crippen molar-refractivity contribution in [2.75, 3.05) is 5.73 Å². The second kappa shape index (κ2) is 4.58. The van der Waals surface area contributed by atoms with Gasteiger partial charge in [-0.25, -0.2) is 19.9 Å². The molecule has 5 nitrogen and oxygen atoms in total. The van der Waals surface area contributed by atoms with Crippen molar-refractivity contribution in [1.29, 1.82) is 0 Å². The van der Waals surface area contributed by atoms with Gasteiger partial charge in [0.2, 0.25) is 0 Å². The van der Waals surface area contributed by atoms with E-state index in [9.17, 15) is 0 Å². The lowest BCUT2D eigenvalue weighted by molar-refractivity contribution is 1.03. The normalized spacial score (nSPS) is 10.7. The fourth-order valence-electron chi connectivity index (χ4n) is 1.57. The Labute approximate surface area is 108 Å². The van der Waals surface area contributed by atoms with Crippen LogP contribution in [-0.2, 0) is 0 Å². The van der Waals surface area contributed by atoms with E-state index in [0.29, 0.717) is 5.69 Å². The average Bonchev–Trinajstić information content (AvgIpc) is 2.41. The number of nitrogens with two attached hydrogens (primary N) is 1. The Morgan fingerprint density at radius 3 is 2.78 bits per heavy atom. The third kappa shape index (κ3) is 2.10. The Bertz CT molecular complexity index is 686. The van der Waals surface area contributed by atoms with Crippen molar-refractivity contribution in [3.63, 3.8) is 0 Å². The van der Waals surface area contributed by atoms with Crippen molar-refractivity contribution >= 4 is 28.4 Å². The maximum absolute atomic E-state index is 5.80. The van der Waals surface area contributed by atoms with Crippen molar-refractivity contribution in [1.82, 2.24) is 19.9 Å². The van der Waals surface area contributed by atoms with Crippen molar-refractivity contribution in [3.8, 4) is 0 Å². The van der Waals surface area contributed by atoms with Gasteiger partial charge in [0.1, 0.15) is 22.7 Å². The molecule has 18 heavy (non-hydrogen) atoms. The van der Waals surface area contributed by atoms with Crippen LogP contribution in [0.4, 0.5) is 5.69 Å². The number of rotatable bonds is 2. The summed E-state index contributed by atoms with van der Waals surface area (Å²) in [4.78, 5) is 16.5. The fraction of sp³-hybridized carbons (Fsp3) is 0. The predicted molar refractivity (Wildman–Crippen MR) is 70.1 cm³/mol. The van der Waals surface area contributed by atoms with Gasteiger partial charge in [0.05, 0.1) is 5.52 Å². The molecule has 0 fully saturated rings. The first-order valence-electron chi connectivity index (χ1n) is 5.27. The standard InChI is InChI=1S/C12H9N5S/c13-8-1-2-10-9(5-8)12(17-7-15-10)18-11-3-4-14-6-16-11/h1-7H,13H2. The summed E-state index contributed by atoms with van der Waals surface area (Å²) in [5, 5.41) is 2.61. The molecule has 0 spiro atoms. The Morgan fingerprint density at radius 1 is 1.00 bits per heavy atom. The summed E-state index contributed by atoms with van der Waals surface area (Å²) < 4.78 is 0. The first-order valence-corrected chi connectivity index (χ1v) is 6.09. The highest BCUT2D eigenvalue weighted by Crippen LogP contribution is 2.30. The first-order chi connectivity index (χ1) is 8.83. The molecule has 6 heteroatoms. The highest BCUT2D eigenvalue weighted by Gasteiger charge is 2.06. The van der Waals surface area contributed by atoms with Crippen LogP contribution in [-0.4, -0.2) is 19.9 Å². The molecule has 0 aliphatic carbocycles. The number of fused-ring (bicyclic) bond motifs is 1. The Hall–Kier alpha value is -2.21. The largest absolute Gasteiger partial charge is 0.399 e. The second-order valence-electron chi connectivity index (χ2n) is 3.61. The third-order valence-electron chi connectivity index (χ3n) is 2.38. The summed E-state index contributed by atoms with van der Waals surface area (Å²) in [5.74, 6) is 0. The molecule has 2 heterocycles. The number of nitrogen functional groups attached to an aromatic ring is 1. The lowest BCUT2D eigenvalue weighted by Crippen LogP contribution is -1.90. The van der Waals surface area contributed by atoms with E-state index < -0.39 is 0 Å². The molecule has 0 radical (unpaired) electrons. The number of hydrogen-bond donors (Lipinski definition) is 1. The lowest BCUT2D eigenvalue weighted by atomic mass is 10.2. The van der Waals surface area contributed by atoms with Gasteiger partial charge in [-0.05, 0) is 36.0 Å². The van der Waals surface area contributed by atoms with Gasteiger partial charge in [-0.2, -0.15) is 0 Å². The molecule has 0 amide bonds. The highest BCUT2D eigenvalue weighted by atomic mass is 32.2. The van der Waals surface area contributed by atoms with Crippen LogP contribution in [0.5, 0.6) is 0 Å². The minimum atomic E-state index is 0.696. The van der Waals surface area contributed by atoms with E-state index in [4.69, 9.17) is 5.73 Å². The van der Waals surface area contributed by atoms with Crippen LogP contribution in [0.2, 0.25) is 0 Å². The van der Waals surface area contributed by atoms with Gasteiger partial charge in [0.15, 0.2) is 0 Å². The summed E-state index contributed by atoms with van der Waals surface area (Å²) in [7, 11) is 0. The molecule has 0 unspecified atom stereocenters. The molecule has 0 atom stereocenters. The average molecular weight is 255 g/mol. The monoisotopic (exact) mass is 255 g/mol. The third-order valence-corrected chi connectivity index (χ3v) is 3.35. The van der Waals surface area contributed by atoms with Crippen molar-refractivity contribution in [2.24, 2.45) is 0 Å². The summed E-state index contributed by atoms with van der Waals surface area (Å²) in [6, 6.07) is 7.43. The molecule has 3 aromatic rings. The quantitative estimate of drug-likeness (QED) is 0.558. The number of benzene rings is 1. The molecule has 0 bridgehead atoms. The van der Waals surface area contributed by atoms with Crippen LogP contribution in [0.15, 0.2) is 53.2 Å². The topological polar surface area (TPSA) is 77.6 Å². The van der Waals surface area contributed by atoms with E-state index in [-0.39, 0.29) is 0 Å². The van der Waals surface area contributed by atoms with Crippen molar-refractivity contribution < 1.29 is 0 Å². The number of anilines is 1. The minimum absolute atomic E-state index is 0.696. The van der Waals surface area contributed by atoms with Gasteiger partial charge in [0.25, 0.3) is 0 Å². The van der Waals surface area contributed by atoms with E-state index in [1.165, 1.54) is 18.1 Å². The van der Waals surface area contributed by atoms with E-state index in [1.807, 2.05) is 24.3 Å². The SMILES string of the molecule is Nc1ccc2ncnc(Sc3ccncn3)c2c1. The number of aromatic nitrogens is 4. The minimum Gasteiger partial charge on any atom is -0.399 e. The van der Waals surface area contributed by atoms with Gasteiger partial charge >= 0.3 is 0 Å². The van der Waals surface area contributed by atoms with E-state index in [0.717, 1.165) is 21.0 Å². The van der Waals surface area contributed by atoms with Crippen molar-refractivity contribution in [2.45, 2.75) is 10.1 Å². The summed E-state index contributed by atoms with van der Waals surface area (Å²) in [6.07, 6.45) is 4.76. The van der Waals surface area contributed by atoms with Gasteiger partial charge in [-0.1, -0.05) is 0 Å². The molecule has 0 aliphatic heterocycles.